The van der Waals surface area contributed by atoms with Gasteiger partial charge in [-0.1, -0.05) is 41.9 Å². The summed E-state index contributed by atoms with van der Waals surface area (Å²) in [4.78, 5) is 41.6. The highest BCUT2D eigenvalue weighted by atomic mass is 35.5. The molecule has 1 saturated heterocycles. The molecular weight excluding hydrogens is 404 g/mol. The van der Waals surface area contributed by atoms with Crippen molar-refractivity contribution < 1.29 is 14.4 Å². The zero-order valence-corrected chi connectivity index (χ0v) is 17.1. The lowest BCUT2D eigenvalue weighted by Crippen LogP contribution is -2.42. The lowest BCUT2D eigenvalue weighted by molar-refractivity contribution is -0.132. The number of carbonyl (C=O) groups is 3. The highest BCUT2D eigenvalue weighted by Gasteiger charge is 2.39. The Hall–Kier alpha value is -3.32. The van der Waals surface area contributed by atoms with E-state index in [0.29, 0.717) is 11.4 Å². The maximum atomic E-state index is 12.7. The average molecular weight is 425 g/mol. The monoisotopic (exact) mass is 424 g/mol. The fraction of sp³-hybridized carbons (Fsp3) is 0.227. The summed E-state index contributed by atoms with van der Waals surface area (Å²) in [5.74, 6) is -0.812. The number of aromatic nitrogens is 1. The number of para-hydroxylation sites is 1. The normalized spacial score (nSPS) is 17.3. The summed E-state index contributed by atoms with van der Waals surface area (Å²) < 4.78 is 0. The number of amides is 4. The quantitative estimate of drug-likeness (QED) is 0.530. The van der Waals surface area contributed by atoms with Gasteiger partial charge in [-0.2, -0.15) is 0 Å². The highest BCUT2D eigenvalue weighted by Crippen LogP contribution is 2.21. The molecule has 3 aromatic rings. The zero-order valence-electron chi connectivity index (χ0n) is 16.3. The Balaban J connectivity index is 1.39. The van der Waals surface area contributed by atoms with Crippen LogP contribution in [-0.4, -0.2) is 40.3 Å². The Bertz CT molecular complexity index is 1110. The number of hydrogen-bond acceptors (Lipinski definition) is 3. The van der Waals surface area contributed by atoms with Gasteiger partial charge in [0.2, 0.25) is 5.91 Å². The minimum atomic E-state index is -0.696. The molecule has 8 heteroatoms. The average Bonchev–Trinajstić information content (AvgIpc) is 3.25. The van der Waals surface area contributed by atoms with E-state index in [2.05, 4.69) is 15.6 Å². The first-order valence-corrected chi connectivity index (χ1v) is 10.0. The number of carbonyl (C=O) groups excluding carboxylic acids is 3. The van der Waals surface area contributed by atoms with E-state index in [0.717, 1.165) is 26.9 Å². The van der Waals surface area contributed by atoms with E-state index >= 15 is 0 Å². The van der Waals surface area contributed by atoms with Crippen molar-refractivity contribution in [1.29, 1.82) is 0 Å². The smallest absolute Gasteiger partial charge is 0.325 e. The van der Waals surface area contributed by atoms with Gasteiger partial charge in [-0.15, -0.1) is 0 Å². The molecule has 4 amide bonds. The molecule has 2 aromatic carbocycles. The Labute approximate surface area is 178 Å². The molecule has 30 heavy (non-hydrogen) atoms. The van der Waals surface area contributed by atoms with Crippen LogP contribution in [0.25, 0.3) is 10.9 Å². The molecule has 154 valence electrons. The topological polar surface area (TPSA) is 94.3 Å². The van der Waals surface area contributed by atoms with Crippen LogP contribution >= 0.6 is 11.6 Å². The summed E-state index contributed by atoms with van der Waals surface area (Å²) in [6.45, 7) is 1.50. The van der Waals surface area contributed by atoms with Gasteiger partial charge in [0.1, 0.15) is 12.6 Å². The molecule has 1 aliphatic rings. The van der Waals surface area contributed by atoms with E-state index in [4.69, 9.17) is 11.6 Å². The summed E-state index contributed by atoms with van der Waals surface area (Å²) in [5, 5.41) is 7.11. The number of H-pyrrole nitrogens is 1. The van der Waals surface area contributed by atoms with Gasteiger partial charge in [0.05, 0.1) is 6.04 Å². The van der Waals surface area contributed by atoms with E-state index in [1.54, 1.807) is 12.1 Å². The second-order valence-corrected chi connectivity index (χ2v) is 7.77. The third-order valence-corrected chi connectivity index (χ3v) is 5.51. The van der Waals surface area contributed by atoms with Gasteiger partial charge in [-0.3, -0.25) is 14.5 Å². The highest BCUT2D eigenvalue weighted by molar-refractivity contribution is 6.30. The number of hydrogen-bond donors (Lipinski definition) is 3. The predicted molar refractivity (Wildman–Crippen MR) is 114 cm³/mol. The molecule has 4 rings (SSSR count). The first-order chi connectivity index (χ1) is 14.4. The third-order valence-electron chi connectivity index (χ3n) is 5.26. The number of nitrogens with one attached hydrogen (secondary N) is 3. The van der Waals surface area contributed by atoms with Gasteiger partial charge in [0, 0.05) is 28.5 Å². The second kappa shape index (κ2) is 8.20. The van der Waals surface area contributed by atoms with Gasteiger partial charge < -0.3 is 15.6 Å². The molecule has 0 spiro atoms. The van der Waals surface area contributed by atoms with Crippen molar-refractivity contribution >= 4 is 40.3 Å². The number of halogens is 1. The molecule has 0 bridgehead atoms. The maximum Gasteiger partial charge on any atom is 0.325 e. The first kappa shape index (κ1) is 20.0. The van der Waals surface area contributed by atoms with Gasteiger partial charge in [-0.05, 0) is 36.2 Å². The van der Waals surface area contributed by atoms with Crippen molar-refractivity contribution in [2.45, 2.75) is 25.4 Å². The van der Waals surface area contributed by atoms with Crippen molar-refractivity contribution in [3.8, 4) is 0 Å². The number of benzene rings is 2. The molecule has 1 aliphatic heterocycles. The van der Waals surface area contributed by atoms with Crippen LogP contribution in [0.3, 0.4) is 0 Å². The molecule has 1 fully saturated rings. The standard InChI is InChI=1S/C22H21ClN4O3/c1-13(14-6-8-16(23)9-7-14)25-20(28)12-27-21(29)19(26-22(27)30)10-15-11-24-18-5-3-2-4-17(15)18/h2-9,11,13,19,24H,10,12H2,1H3,(H,25,28)(H,26,30). The van der Waals surface area contributed by atoms with Crippen molar-refractivity contribution in [3.05, 3.63) is 70.9 Å². The molecule has 2 heterocycles. The van der Waals surface area contributed by atoms with Crippen molar-refractivity contribution in [2.24, 2.45) is 0 Å². The van der Waals surface area contributed by atoms with Crippen molar-refractivity contribution in [1.82, 2.24) is 20.5 Å². The minimum absolute atomic E-state index is 0.280. The van der Waals surface area contributed by atoms with Crippen molar-refractivity contribution in [2.75, 3.05) is 6.54 Å². The molecule has 0 radical (unpaired) electrons. The number of fused-ring (bicyclic) bond motifs is 1. The molecule has 7 nitrogen and oxygen atoms in total. The van der Waals surface area contributed by atoms with E-state index < -0.39 is 23.9 Å². The number of urea groups is 1. The SMILES string of the molecule is CC(NC(=O)CN1C(=O)NC(Cc2c[nH]c3ccccc23)C1=O)c1ccc(Cl)cc1. The third kappa shape index (κ3) is 4.02. The van der Waals surface area contributed by atoms with Crippen LogP contribution < -0.4 is 10.6 Å². The minimum Gasteiger partial charge on any atom is -0.361 e. The summed E-state index contributed by atoms with van der Waals surface area (Å²) in [6.07, 6.45) is 2.20. The largest absolute Gasteiger partial charge is 0.361 e. The molecule has 0 saturated carbocycles. The van der Waals surface area contributed by atoms with Crippen molar-refractivity contribution in [3.63, 3.8) is 0 Å². The number of aromatic amines is 1. The lowest BCUT2D eigenvalue weighted by Gasteiger charge is -2.17. The molecule has 3 N–H and O–H groups in total. The summed E-state index contributed by atoms with van der Waals surface area (Å²) >= 11 is 5.89. The number of imide groups is 1. The van der Waals surface area contributed by atoms with Crippen LogP contribution in [0.4, 0.5) is 4.79 Å². The maximum absolute atomic E-state index is 12.7. The van der Waals surface area contributed by atoms with E-state index in [1.807, 2.05) is 49.5 Å². The zero-order chi connectivity index (χ0) is 21.3. The van der Waals surface area contributed by atoms with Crippen LogP contribution in [0.1, 0.15) is 24.1 Å². The Kier molecular flexibility index (Phi) is 5.46. The van der Waals surface area contributed by atoms with E-state index in [9.17, 15) is 14.4 Å². The fourth-order valence-electron chi connectivity index (χ4n) is 3.65. The predicted octanol–water partition coefficient (Wildman–Crippen LogP) is 3.16. The van der Waals surface area contributed by atoms with Gasteiger partial charge in [0.25, 0.3) is 5.91 Å². The Morgan fingerprint density at radius 3 is 2.67 bits per heavy atom. The molecule has 2 atom stereocenters. The first-order valence-electron chi connectivity index (χ1n) is 9.64. The second-order valence-electron chi connectivity index (χ2n) is 7.33. The summed E-state index contributed by atoms with van der Waals surface area (Å²) in [5.41, 5.74) is 2.78. The van der Waals surface area contributed by atoms with Gasteiger partial charge >= 0.3 is 6.03 Å². The van der Waals surface area contributed by atoms with Crippen LogP contribution in [-0.2, 0) is 16.0 Å². The van der Waals surface area contributed by atoms with Crippen LogP contribution in [0.5, 0.6) is 0 Å². The van der Waals surface area contributed by atoms with Gasteiger partial charge in [-0.25, -0.2) is 4.79 Å². The lowest BCUT2D eigenvalue weighted by atomic mass is 10.1. The van der Waals surface area contributed by atoms with E-state index in [1.165, 1.54) is 0 Å². The molecule has 0 aliphatic carbocycles. The van der Waals surface area contributed by atoms with E-state index in [-0.39, 0.29) is 12.6 Å². The van der Waals surface area contributed by atoms with Gasteiger partial charge in [0.15, 0.2) is 0 Å². The summed E-state index contributed by atoms with van der Waals surface area (Å²) in [6, 6.07) is 13.4. The van der Waals surface area contributed by atoms with Crippen LogP contribution in [0.2, 0.25) is 5.02 Å². The van der Waals surface area contributed by atoms with Crippen LogP contribution in [0.15, 0.2) is 54.7 Å². The Morgan fingerprint density at radius 2 is 1.90 bits per heavy atom. The number of nitrogens with zero attached hydrogens (tertiary/aromatic N) is 1. The van der Waals surface area contributed by atoms with Crippen LogP contribution in [0, 0.1) is 0 Å². The molecule has 2 unspecified atom stereocenters. The summed E-state index contributed by atoms with van der Waals surface area (Å²) in [7, 11) is 0. The molecular formula is C22H21ClN4O3. The fourth-order valence-corrected chi connectivity index (χ4v) is 3.78. The Morgan fingerprint density at radius 1 is 1.17 bits per heavy atom. The number of rotatable bonds is 6. The molecule has 1 aromatic heterocycles.